The Bertz CT molecular complexity index is 1210. The van der Waals surface area contributed by atoms with E-state index in [0.29, 0.717) is 22.4 Å². The first-order chi connectivity index (χ1) is 15.6. The number of thioether (sulfide) groups is 1. The van der Waals surface area contributed by atoms with Crippen molar-refractivity contribution < 1.29 is 14.3 Å². The molecule has 0 saturated carbocycles. The summed E-state index contributed by atoms with van der Waals surface area (Å²) in [4.78, 5) is 21.7. The standard InChI is InChI=1S/C22H21N5O3S2/c1-4-18(20(28)25-22-24-16-10-9-15(30-3)11-19(16)32-22)31-21-23-12-17(26-27-21)13-5-7-14(29-2)8-6-13/h5-12,18H,4H2,1-3H3,(H,24,25,28). The van der Waals surface area contributed by atoms with Crippen LogP contribution >= 0.6 is 23.1 Å². The van der Waals surface area contributed by atoms with Crippen molar-refractivity contribution in [1.82, 2.24) is 20.2 Å². The SMILES string of the molecule is CCC(Sc1ncc(-c2ccc(OC)cc2)nn1)C(=O)Nc1nc2ccc(OC)cc2s1. The minimum atomic E-state index is -0.370. The summed E-state index contributed by atoms with van der Waals surface area (Å²) in [5.41, 5.74) is 2.35. The lowest BCUT2D eigenvalue weighted by atomic mass is 10.2. The van der Waals surface area contributed by atoms with Crippen molar-refractivity contribution in [2.45, 2.75) is 23.8 Å². The molecule has 10 heteroatoms. The van der Waals surface area contributed by atoms with Crippen molar-refractivity contribution in [3.63, 3.8) is 0 Å². The van der Waals surface area contributed by atoms with Crippen molar-refractivity contribution in [3.8, 4) is 22.8 Å². The van der Waals surface area contributed by atoms with Gasteiger partial charge in [0.1, 0.15) is 17.2 Å². The number of thiazole rings is 1. The Kier molecular flexibility index (Phi) is 6.81. The van der Waals surface area contributed by atoms with Crippen LogP contribution in [0.25, 0.3) is 21.5 Å². The Morgan fingerprint density at radius 2 is 1.84 bits per heavy atom. The number of fused-ring (bicyclic) bond motifs is 1. The van der Waals surface area contributed by atoms with E-state index >= 15 is 0 Å². The van der Waals surface area contributed by atoms with Gasteiger partial charge >= 0.3 is 0 Å². The number of nitrogens with one attached hydrogen (secondary N) is 1. The van der Waals surface area contributed by atoms with Crippen LogP contribution in [0.3, 0.4) is 0 Å². The summed E-state index contributed by atoms with van der Waals surface area (Å²) in [5, 5.41) is 12.0. The second kappa shape index (κ2) is 9.92. The third kappa shape index (κ3) is 4.97. The summed E-state index contributed by atoms with van der Waals surface area (Å²) in [7, 11) is 3.24. The van der Waals surface area contributed by atoms with E-state index in [0.717, 1.165) is 27.3 Å². The molecule has 1 unspecified atom stereocenters. The van der Waals surface area contributed by atoms with Gasteiger partial charge in [0.25, 0.3) is 0 Å². The van der Waals surface area contributed by atoms with E-state index in [-0.39, 0.29) is 11.2 Å². The lowest BCUT2D eigenvalue weighted by Gasteiger charge is -2.12. The predicted octanol–water partition coefficient (Wildman–Crippen LogP) is 4.67. The number of carbonyl (C=O) groups is 1. The highest BCUT2D eigenvalue weighted by atomic mass is 32.2. The molecule has 1 atom stereocenters. The number of methoxy groups -OCH3 is 2. The van der Waals surface area contributed by atoms with E-state index in [2.05, 4.69) is 25.5 Å². The number of hydrogen-bond donors (Lipinski definition) is 1. The molecule has 2 heterocycles. The largest absolute Gasteiger partial charge is 0.497 e. The Labute approximate surface area is 193 Å². The number of ether oxygens (including phenoxy) is 2. The first-order valence-electron chi connectivity index (χ1n) is 9.86. The maximum Gasteiger partial charge on any atom is 0.239 e. The molecule has 0 radical (unpaired) electrons. The number of benzene rings is 2. The van der Waals surface area contributed by atoms with Crippen molar-refractivity contribution in [1.29, 1.82) is 0 Å². The van der Waals surface area contributed by atoms with E-state index in [9.17, 15) is 4.79 Å². The number of carbonyl (C=O) groups excluding carboxylic acids is 1. The number of aromatic nitrogens is 4. The van der Waals surface area contributed by atoms with Crippen LogP contribution in [0.15, 0.2) is 53.8 Å². The highest BCUT2D eigenvalue weighted by molar-refractivity contribution is 8.00. The second-order valence-corrected chi connectivity index (χ2v) is 8.91. The van der Waals surface area contributed by atoms with Crippen LogP contribution in [0.2, 0.25) is 0 Å². The molecule has 0 spiro atoms. The highest BCUT2D eigenvalue weighted by Gasteiger charge is 2.21. The van der Waals surface area contributed by atoms with Crippen LogP contribution in [0, 0.1) is 0 Å². The Hall–Kier alpha value is -3.24. The fraction of sp³-hybridized carbons (Fsp3) is 0.227. The molecule has 0 aliphatic carbocycles. The van der Waals surface area contributed by atoms with Gasteiger partial charge in [0.2, 0.25) is 11.1 Å². The summed E-state index contributed by atoms with van der Waals surface area (Å²) < 4.78 is 11.4. The van der Waals surface area contributed by atoms with Gasteiger partial charge in [-0.05, 0) is 48.9 Å². The first kappa shape index (κ1) is 22.0. The van der Waals surface area contributed by atoms with Crippen molar-refractivity contribution in [2.75, 3.05) is 19.5 Å². The number of rotatable bonds is 8. The van der Waals surface area contributed by atoms with Gasteiger partial charge in [0, 0.05) is 5.56 Å². The van der Waals surface area contributed by atoms with Gasteiger partial charge in [-0.1, -0.05) is 30.0 Å². The van der Waals surface area contributed by atoms with E-state index in [1.165, 1.54) is 23.1 Å². The van der Waals surface area contributed by atoms with Gasteiger partial charge in [0.05, 0.1) is 35.9 Å². The fourth-order valence-electron chi connectivity index (χ4n) is 2.93. The first-order valence-corrected chi connectivity index (χ1v) is 11.6. The van der Waals surface area contributed by atoms with Crippen LogP contribution in [0.4, 0.5) is 5.13 Å². The lowest BCUT2D eigenvalue weighted by molar-refractivity contribution is -0.115. The fourth-order valence-corrected chi connectivity index (χ4v) is 4.62. The molecular weight excluding hydrogens is 446 g/mol. The van der Waals surface area contributed by atoms with Crippen molar-refractivity contribution in [3.05, 3.63) is 48.7 Å². The van der Waals surface area contributed by atoms with E-state index in [1.807, 2.05) is 49.4 Å². The topological polar surface area (TPSA) is 99.1 Å². The smallest absolute Gasteiger partial charge is 0.239 e. The summed E-state index contributed by atoms with van der Waals surface area (Å²) >= 11 is 2.69. The molecule has 8 nitrogen and oxygen atoms in total. The predicted molar refractivity (Wildman–Crippen MR) is 127 cm³/mol. The monoisotopic (exact) mass is 467 g/mol. The van der Waals surface area contributed by atoms with Crippen LogP contribution in [-0.2, 0) is 4.79 Å². The maximum atomic E-state index is 12.8. The number of anilines is 1. The minimum Gasteiger partial charge on any atom is -0.497 e. The molecule has 0 fully saturated rings. The molecular formula is C22H21N5O3S2. The van der Waals surface area contributed by atoms with Crippen molar-refractivity contribution >= 4 is 44.4 Å². The van der Waals surface area contributed by atoms with Crippen molar-refractivity contribution in [2.24, 2.45) is 0 Å². The van der Waals surface area contributed by atoms with E-state index in [4.69, 9.17) is 9.47 Å². The molecule has 2 aromatic heterocycles. The molecule has 0 aliphatic heterocycles. The third-order valence-corrected chi connectivity index (χ3v) is 6.83. The molecule has 1 N–H and O–H groups in total. The summed E-state index contributed by atoms with van der Waals surface area (Å²) in [6, 6.07) is 13.1. The minimum absolute atomic E-state index is 0.147. The second-order valence-electron chi connectivity index (χ2n) is 6.71. The van der Waals surface area contributed by atoms with Gasteiger partial charge in [-0.15, -0.1) is 10.2 Å². The molecule has 0 bridgehead atoms. The molecule has 4 aromatic rings. The van der Waals surface area contributed by atoms with Gasteiger partial charge in [0.15, 0.2) is 5.13 Å². The highest BCUT2D eigenvalue weighted by Crippen LogP contribution is 2.30. The zero-order chi connectivity index (χ0) is 22.5. The lowest BCUT2D eigenvalue weighted by Crippen LogP contribution is -2.24. The number of nitrogens with zero attached hydrogens (tertiary/aromatic N) is 4. The van der Waals surface area contributed by atoms with E-state index < -0.39 is 0 Å². The normalized spacial score (nSPS) is 11.8. The zero-order valence-corrected chi connectivity index (χ0v) is 19.4. The third-order valence-electron chi connectivity index (χ3n) is 4.66. The average molecular weight is 468 g/mol. The molecule has 32 heavy (non-hydrogen) atoms. The average Bonchev–Trinajstić information content (AvgIpc) is 3.24. The number of hydrogen-bond acceptors (Lipinski definition) is 9. The maximum absolute atomic E-state index is 12.8. The van der Waals surface area contributed by atoms with Crippen LogP contribution in [0.5, 0.6) is 11.5 Å². The quantitative estimate of drug-likeness (QED) is 0.373. The summed E-state index contributed by atoms with van der Waals surface area (Å²) in [6.45, 7) is 1.94. The number of amides is 1. The molecule has 0 saturated heterocycles. The Morgan fingerprint density at radius 3 is 2.50 bits per heavy atom. The Morgan fingerprint density at radius 1 is 1.09 bits per heavy atom. The van der Waals surface area contributed by atoms with Crippen LogP contribution < -0.4 is 14.8 Å². The zero-order valence-electron chi connectivity index (χ0n) is 17.7. The molecule has 1 amide bonds. The van der Waals surface area contributed by atoms with Crippen LogP contribution in [-0.4, -0.2) is 45.5 Å². The van der Waals surface area contributed by atoms with Gasteiger partial charge in [-0.2, -0.15) is 0 Å². The molecule has 0 aliphatic rings. The molecule has 2 aromatic carbocycles. The molecule has 4 rings (SSSR count). The summed E-state index contributed by atoms with van der Waals surface area (Å²) in [5.74, 6) is 1.38. The Balaban J connectivity index is 1.42. The van der Waals surface area contributed by atoms with Gasteiger partial charge in [-0.3, -0.25) is 4.79 Å². The van der Waals surface area contributed by atoms with Crippen LogP contribution in [0.1, 0.15) is 13.3 Å². The van der Waals surface area contributed by atoms with Gasteiger partial charge in [-0.25, -0.2) is 9.97 Å². The van der Waals surface area contributed by atoms with Gasteiger partial charge < -0.3 is 14.8 Å². The van der Waals surface area contributed by atoms with E-state index in [1.54, 1.807) is 20.4 Å². The molecule has 164 valence electrons. The summed E-state index contributed by atoms with van der Waals surface area (Å²) in [6.07, 6.45) is 2.27.